The zero-order chi connectivity index (χ0) is 13.7. The van der Waals surface area contributed by atoms with Crippen LogP contribution in [0.15, 0.2) is 46.9 Å². The minimum absolute atomic E-state index is 0.705. The van der Waals surface area contributed by atoms with E-state index in [1.807, 2.05) is 25.1 Å². The molecule has 0 heterocycles. The monoisotopic (exact) mass is 319 g/mol. The van der Waals surface area contributed by atoms with Crippen molar-refractivity contribution in [2.45, 2.75) is 19.8 Å². The molecule has 0 bridgehead atoms. The maximum Gasteiger partial charge on any atom is 0.133 e. The molecule has 19 heavy (non-hydrogen) atoms. The molecule has 0 fully saturated rings. The van der Waals surface area contributed by atoms with E-state index in [-0.39, 0.29) is 0 Å². The van der Waals surface area contributed by atoms with Gasteiger partial charge in [0, 0.05) is 5.69 Å². The van der Waals surface area contributed by atoms with Gasteiger partial charge in [0.25, 0.3) is 0 Å². The van der Waals surface area contributed by atoms with Crippen LogP contribution in [-0.4, -0.2) is 6.61 Å². The van der Waals surface area contributed by atoms with Gasteiger partial charge in [0.05, 0.1) is 11.1 Å². The molecule has 0 aliphatic heterocycles. The van der Waals surface area contributed by atoms with Crippen LogP contribution in [0.2, 0.25) is 0 Å². The molecule has 100 valence electrons. The van der Waals surface area contributed by atoms with Crippen molar-refractivity contribution in [3.63, 3.8) is 0 Å². The third-order valence-electron chi connectivity index (χ3n) is 3.03. The predicted octanol–water partition coefficient (Wildman–Crippen LogP) is 4.35. The molecule has 0 saturated carbocycles. The van der Waals surface area contributed by atoms with Crippen LogP contribution in [-0.2, 0) is 6.42 Å². The van der Waals surface area contributed by atoms with E-state index in [1.165, 1.54) is 5.56 Å². The third kappa shape index (κ3) is 4.00. The molecule has 2 rings (SSSR count). The molecular weight excluding hydrogens is 302 g/mol. The van der Waals surface area contributed by atoms with Gasteiger partial charge < -0.3 is 10.5 Å². The second-order valence-corrected chi connectivity index (χ2v) is 5.43. The van der Waals surface area contributed by atoms with Gasteiger partial charge in [-0.1, -0.05) is 30.3 Å². The van der Waals surface area contributed by atoms with Crippen LogP contribution in [0.1, 0.15) is 17.5 Å². The van der Waals surface area contributed by atoms with E-state index in [1.54, 1.807) is 0 Å². The number of hydrogen-bond acceptors (Lipinski definition) is 2. The van der Waals surface area contributed by atoms with E-state index in [4.69, 9.17) is 10.5 Å². The highest BCUT2D eigenvalue weighted by atomic mass is 79.9. The lowest BCUT2D eigenvalue weighted by molar-refractivity contribution is 0.309. The number of halogens is 1. The van der Waals surface area contributed by atoms with Gasteiger partial charge in [-0.25, -0.2) is 0 Å². The minimum Gasteiger partial charge on any atom is -0.492 e. The summed E-state index contributed by atoms with van der Waals surface area (Å²) in [6.45, 7) is 2.69. The number of hydrogen-bond donors (Lipinski definition) is 1. The van der Waals surface area contributed by atoms with Gasteiger partial charge in [0.15, 0.2) is 0 Å². The van der Waals surface area contributed by atoms with Gasteiger partial charge in [-0.15, -0.1) is 0 Å². The number of aryl methyl sites for hydroxylation is 2. The van der Waals surface area contributed by atoms with E-state index >= 15 is 0 Å². The van der Waals surface area contributed by atoms with Crippen molar-refractivity contribution >= 4 is 21.6 Å². The first-order valence-corrected chi connectivity index (χ1v) is 7.18. The lowest BCUT2D eigenvalue weighted by Crippen LogP contribution is -2.01. The number of benzene rings is 2. The van der Waals surface area contributed by atoms with E-state index in [0.717, 1.165) is 34.3 Å². The SMILES string of the molecule is Cc1cc(OCCCc2ccccc2)c(Br)cc1N. The summed E-state index contributed by atoms with van der Waals surface area (Å²) < 4.78 is 6.70. The average Bonchev–Trinajstić information content (AvgIpc) is 2.41. The van der Waals surface area contributed by atoms with Crippen LogP contribution in [0.3, 0.4) is 0 Å². The van der Waals surface area contributed by atoms with Crippen molar-refractivity contribution < 1.29 is 4.74 Å². The zero-order valence-electron chi connectivity index (χ0n) is 11.0. The molecule has 0 atom stereocenters. The number of nitrogens with two attached hydrogens (primary N) is 1. The normalized spacial score (nSPS) is 10.4. The molecule has 2 aromatic carbocycles. The van der Waals surface area contributed by atoms with Crippen LogP contribution in [0, 0.1) is 6.92 Å². The molecule has 2 N–H and O–H groups in total. The molecule has 0 spiro atoms. The van der Waals surface area contributed by atoms with E-state index < -0.39 is 0 Å². The standard InChI is InChI=1S/C16H18BrNO/c1-12-10-16(14(17)11-15(12)18)19-9-5-8-13-6-3-2-4-7-13/h2-4,6-7,10-11H,5,8-9,18H2,1H3. The van der Waals surface area contributed by atoms with E-state index in [9.17, 15) is 0 Å². The van der Waals surface area contributed by atoms with E-state index in [0.29, 0.717) is 6.61 Å². The second-order valence-electron chi connectivity index (χ2n) is 4.58. The lowest BCUT2D eigenvalue weighted by atomic mass is 10.1. The van der Waals surface area contributed by atoms with Gasteiger partial charge in [-0.3, -0.25) is 0 Å². The molecule has 0 aromatic heterocycles. The highest BCUT2D eigenvalue weighted by Crippen LogP contribution is 2.29. The summed E-state index contributed by atoms with van der Waals surface area (Å²) >= 11 is 3.47. The fourth-order valence-corrected chi connectivity index (χ4v) is 2.36. The zero-order valence-corrected chi connectivity index (χ0v) is 12.6. The van der Waals surface area contributed by atoms with Crippen molar-refractivity contribution in [3.05, 3.63) is 58.1 Å². The van der Waals surface area contributed by atoms with Crippen LogP contribution >= 0.6 is 15.9 Å². The Balaban J connectivity index is 1.85. The Hall–Kier alpha value is -1.48. The Morgan fingerprint density at radius 1 is 1.16 bits per heavy atom. The first-order valence-electron chi connectivity index (χ1n) is 6.39. The maximum absolute atomic E-state index is 5.83. The number of anilines is 1. The Kier molecular flexibility index (Phi) is 4.86. The van der Waals surface area contributed by atoms with E-state index in [2.05, 4.69) is 40.2 Å². The molecule has 2 nitrogen and oxygen atoms in total. The van der Waals surface area contributed by atoms with Gasteiger partial charge in [-0.2, -0.15) is 0 Å². The molecular formula is C16H18BrNO. The largest absolute Gasteiger partial charge is 0.492 e. The van der Waals surface area contributed by atoms with Crippen LogP contribution in [0.4, 0.5) is 5.69 Å². The van der Waals surface area contributed by atoms with Crippen LogP contribution in [0.25, 0.3) is 0 Å². The Bertz CT molecular complexity index is 540. The van der Waals surface area contributed by atoms with Gasteiger partial charge >= 0.3 is 0 Å². The summed E-state index contributed by atoms with van der Waals surface area (Å²) in [5.74, 6) is 0.861. The Morgan fingerprint density at radius 3 is 2.63 bits per heavy atom. The minimum atomic E-state index is 0.705. The lowest BCUT2D eigenvalue weighted by Gasteiger charge is -2.10. The summed E-state index contributed by atoms with van der Waals surface area (Å²) in [7, 11) is 0. The first kappa shape index (κ1) is 13.9. The molecule has 0 unspecified atom stereocenters. The van der Waals surface area contributed by atoms with Crippen molar-refractivity contribution in [1.82, 2.24) is 0 Å². The van der Waals surface area contributed by atoms with Crippen molar-refractivity contribution in [2.24, 2.45) is 0 Å². The molecule has 0 aliphatic carbocycles. The van der Waals surface area contributed by atoms with Crippen molar-refractivity contribution in [3.8, 4) is 5.75 Å². The Labute approximate surface area is 122 Å². The fraction of sp³-hybridized carbons (Fsp3) is 0.250. The fourth-order valence-electron chi connectivity index (χ4n) is 1.88. The molecule has 0 saturated heterocycles. The van der Waals surface area contributed by atoms with Gasteiger partial charge in [0.1, 0.15) is 5.75 Å². The summed E-state index contributed by atoms with van der Waals surface area (Å²) in [6.07, 6.45) is 2.03. The molecule has 3 heteroatoms. The summed E-state index contributed by atoms with van der Waals surface area (Å²) in [6, 6.07) is 14.3. The molecule has 0 aliphatic rings. The number of ether oxygens (including phenoxy) is 1. The Morgan fingerprint density at radius 2 is 1.89 bits per heavy atom. The number of rotatable bonds is 5. The molecule has 2 aromatic rings. The first-order chi connectivity index (χ1) is 9.16. The third-order valence-corrected chi connectivity index (χ3v) is 3.65. The molecule has 0 radical (unpaired) electrons. The van der Waals surface area contributed by atoms with Crippen molar-refractivity contribution in [2.75, 3.05) is 12.3 Å². The van der Waals surface area contributed by atoms with Crippen molar-refractivity contribution in [1.29, 1.82) is 0 Å². The van der Waals surface area contributed by atoms with Crippen LogP contribution < -0.4 is 10.5 Å². The summed E-state index contributed by atoms with van der Waals surface area (Å²) in [4.78, 5) is 0. The smallest absolute Gasteiger partial charge is 0.133 e. The highest BCUT2D eigenvalue weighted by molar-refractivity contribution is 9.10. The predicted molar refractivity (Wildman–Crippen MR) is 83.5 cm³/mol. The quantitative estimate of drug-likeness (QED) is 0.656. The summed E-state index contributed by atoms with van der Waals surface area (Å²) in [5, 5.41) is 0. The summed E-state index contributed by atoms with van der Waals surface area (Å²) in [5.41, 5.74) is 9.00. The maximum atomic E-state index is 5.83. The second kappa shape index (κ2) is 6.62. The topological polar surface area (TPSA) is 35.2 Å². The van der Waals surface area contributed by atoms with Gasteiger partial charge in [0.2, 0.25) is 0 Å². The van der Waals surface area contributed by atoms with Gasteiger partial charge in [-0.05, 0) is 59.0 Å². The van der Waals surface area contributed by atoms with Crippen LogP contribution in [0.5, 0.6) is 5.75 Å². The number of nitrogen functional groups attached to an aromatic ring is 1. The average molecular weight is 320 g/mol. The molecule has 0 amide bonds. The highest BCUT2D eigenvalue weighted by Gasteiger charge is 2.04.